The second-order valence-electron chi connectivity index (χ2n) is 5.01. The Balaban J connectivity index is 1.61. The molecule has 0 bridgehead atoms. The molecule has 0 spiro atoms. The molecular weight excluding hydrogens is 294 g/mol. The third-order valence-corrected chi connectivity index (χ3v) is 3.44. The third kappa shape index (κ3) is 3.60. The van der Waals surface area contributed by atoms with Crippen LogP contribution in [0, 0.1) is 0 Å². The van der Waals surface area contributed by atoms with Gasteiger partial charge in [-0.3, -0.25) is 9.48 Å². The molecule has 0 aliphatic carbocycles. The van der Waals surface area contributed by atoms with Crippen LogP contribution in [0.3, 0.4) is 0 Å². The quantitative estimate of drug-likeness (QED) is 0.759. The molecule has 1 N–H and O–H groups in total. The zero-order chi connectivity index (χ0) is 16.1. The highest BCUT2D eigenvalue weighted by atomic mass is 16.5. The lowest BCUT2D eigenvalue weighted by Crippen LogP contribution is -2.24. The predicted molar refractivity (Wildman–Crippen MR) is 83.9 cm³/mol. The van der Waals surface area contributed by atoms with E-state index in [1.54, 1.807) is 16.9 Å². The van der Waals surface area contributed by atoms with Gasteiger partial charge in [0.15, 0.2) is 5.76 Å². The van der Waals surface area contributed by atoms with Crippen molar-refractivity contribution in [2.75, 3.05) is 0 Å². The van der Waals surface area contributed by atoms with Crippen molar-refractivity contribution in [3.8, 4) is 5.75 Å². The molecule has 0 fully saturated rings. The normalized spacial score (nSPS) is 10.5. The topological polar surface area (TPSA) is 69.3 Å². The number of furan rings is 1. The molecule has 1 aromatic carbocycles. The monoisotopic (exact) mass is 311 g/mol. The molecular formula is C17H17N3O3. The smallest absolute Gasteiger partial charge is 0.287 e. The number of benzene rings is 1. The molecule has 0 aliphatic rings. The molecule has 0 atom stereocenters. The number of para-hydroxylation sites is 1. The van der Waals surface area contributed by atoms with Gasteiger partial charge in [0.1, 0.15) is 12.4 Å². The molecule has 2 aromatic heterocycles. The summed E-state index contributed by atoms with van der Waals surface area (Å²) < 4.78 is 12.7. The number of nitrogens with zero attached hydrogens (tertiary/aromatic N) is 2. The van der Waals surface area contributed by atoms with E-state index in [0.717, 1.165) is 11.4 Å². The fourth-order valence-electron chi connectivity index (χ4n) is 2.15. The molecule has 0 saturated heterocycles. The van der Waals surface area contributed by atoms with Crippen LogP contribution in [-0.4, -0.2) is 15.7 Å². The number of rotatable bonds is 6. The van der Waals surface area contributed by atoms with Crippen LogP contribution in [0.4, 0.5) is 0 Å². The Kier molecular flexibility index (Phi) is 4.42. The maximum absolute atomic E-state index is 12.3. The van der Waals surface area contributed by atoms with Crippen LogP contribution in [0.2, 0.25) is 0 Å². The summed E-state index contributed by atoms with van der Waals surface area (Å²) in [6.45, 7) is 0.657. The van der Waals surface area contributed by atoms with E-state index in [4.69, 9.17) is 9.15 Å². The zero-order valence-electron chi connectivity index (χ0n) is 12.7. The van der Waals surface area contributed by atoms with Crippen molar-refractivity contribution >= 4 is 5.91 Å². The highest BCUT2D eigenvalue weighted by Crippen LogP contribution is 2.15. The Morgan fingerprint density at radius 1 is 1.26 bits per heavy atom. The second kappa shape index (κ2) is 6.83. The Labute approximate surface area is 133 Å². The summed E-state index contributed by atoms with van der Waals surface area (Å²) in [4.78, 5) is 12.3. The molecule has 3 aromatic rings. The van der Waals surface area contributed by atoms with Gasteiger partial charge < -0.3 is 14.5 Å². The van der Waals surface area contributed by atoms with Crippen LogP contribution in [-0.2, 0) is 20.2 Å². The van der Waals surface area contributed by atoms with Gasteiger partial charge in [-0.1, -0.05) is 18.2 Å². The molecule has 23 heavy (non-hydrogen) atoms. The van der Waals surface area contributed by atoms with Gasteiger partial charge in [0.05, 0.1) is 18.5 Å². The van der Waals surface area contributed by atoms with Gasteiger partial charge in [-0.25, -0.2) is 0 Å². The van der Waals surface area contributed by atoms with Crippen molar-refractivity contribution in [1.82, 2.24) is 15.1 Å². The molecule has 3 rings (SSSR count). The predicted octanol–water partition coefficient (Wildman–Crippen LogP) is 2.52. The Morgan fingerprint density at radius 3 is 2.83 bits per heavy atom. The van der Waals surface area contributed by atoms with E-state index < -0.39 is 0 Å². The SMILES string of the molecule is Cn1nccc1CNC(=O)c1occc1COc1ccccc1. The summed E-state index contributed by atoms with van der Waals surface area (Å²) in [5, 5.41) is 6.88. The number of nitrogens with one attached hydrogen (secondary N) is 1. The molecule has 6 heteroatoms. The molecule has 2 heterocycles. The first-order valence-electron chi connectivity index (χ1n) is 7.23. The van der Waals surface area contributed by atoms with Crippen LogP contribution in [0.1, 0.15) is 21.8 Å². The summed E-state index contributed by atoms with van der Waals surface area (Å²) in [5.41, 5.74) is 1.61. The fourth-order valence-corrected chi connectivity index (χ4v) is 2.15. The van der Waals surface area contributed by atoms with E-state index in [1.165, 1.54) is 6.26 Å². The lowest BCUT2D eigenvalue weighted by atomic mass is 10.2. The third-order valence-electron chi connectivity index (χ3n) is 3.44. The highest BCUT2D eigenvalue weighted by molar-refractivity contribution is 5.92. The van der Waals surface area contributed by atoms with Crippen molar-refractivity contribution in [1.29, 1.82) is 0 Å². The second-order valence-corrected chi connectivity index (χ2v) is 5.01. The van der Waals surface area contributed by atoms with Crippen LogP contribution < -0.4 is 10.1 Å². The number of aromatic nitrogens is 2. The van der Waals surface area contributed by atoms with E-state index in [1.807, 2.05) is 43.4 Å². The van der Waals surface area contributed by atoms with Crippen molar-refractivity contribution in [3.63, 3.8) is 0 Å². The minimum absolute atomic E-state index is 0.267. The average molecular weight is 311 g/mol. The molecule has 1 amide bonds. The molecule has 0 unspecified atom stereocenters. The van der Waals surface area contributed by atoms with E-state index in [2.05, 4.69) is 10.4 Å². The lowest BCUT2D eigenvalue weighted by molar-refractivity contribution is 0.0919. The Bertz CT molecular complexity index is 777. The number of carbonyl (C=O) groups is 1. The number of amides is 1. The Hall–Kier alpha value is -3.02. The first-order valence-corrected chi connectivity index (χ1v) is 7.23. The summed E-state index contributed by atoms with van der Waals surface area (Å²) >= 11 is 0. The van der Waals surface area contributed by atoms with Crippen LogP contribution in [0.5, 0.6) is 5.75 Å². The fraction of sp³-hybridized carbons (Fsp3) is 0.176. The van der Waals surface area contributed by atoms with E-state index in [9.17, 15) is 4.79 Å². The summed E-state index contributed by atoms with van der Waals surface area (Å²) in [7, 11) is 1.83. The summed E-state index contributed by atoms with van der Waals surface area (Å²) in [5.74, 6) is 0.737. The molecule has 0 aliphatic heterocycles. The van der Waals surface area contributed by atoms with Gasteiger partial charge in [-0.2, -0.15) is 5.10 Å². The number of carbonyl (C=O) groups excluding carboxylic acids is 1. The zero-order valence-corrected chi connectivity index (χ0v) is 12.7. The average Bonchev–Trinajstić information content (AvgIpc) is 3.20. The van der Waals surface area contributed by atoms with E-state index in [-0.39, 0.29) is 18.3 Å². The highest BCUT2D eigenvalue weighted by Gasteiger charge is 2.16. The van der Waals surface area contributed by atoms with Gasteiger partial charge >= 0.3 is 0 Å². The van der Waals surface area contributed by atoms with Crippen LogP contribution >= 0.6 is 0 Å². The lowest BCUT2D eigenvalue weighted by Gasteiger charge is -2.07. The Morgan fingerprint density at radius 2 is 2.09 bits per heavy atom. The largest absolute Gasteiger partial charge is 0.489 e. The number of ether oxygens (including phenoxy) is 1. The first kappa shape index (κ1) is 14.9. The number of aryl methyl sites for hydroxylation is 1. The minimum atomic E-state index is -0.275. The van der Waals surface area contributed by atoms with Crippen molar-refractivity contribution in [3.05, 3.63) is 71.9 Å². The standard InChI is InChI=1S/C17H17N3O3/c1-20-14(7-9-19-20)11-18-17(21)16-13(8-10-22-16)12-23-15-5-3-2-4-6-15/h2-10H,11-12H2,1H3,(H,18,21). The number of hydrogen-bond acceptors (Lipinski definition) is 4. The van der Waals surface area contributed by atoms with Gasteiger partial charge in [-0.15, -0.1) is 0 Å². The van der Waals surface area contributed by atoms with Gasteiger partial charge in [0.25, 0.3) is 5.91 Å². The van der Waals surface area contributed by atoms with Gasteiger partial charge in [0.2, 0.25) is 0 Å². The molecule has 0 saturated carbocycles. The number of hydrogen-bond donors (Lipinski definition) is 1. The van der Waals surface area contributed by atoms with E-state index in [0.29, 0.717) is 12.1 Å². The molecule has 118 valence electrons. The van der Waals surface area contributed by atoms with Gasteiger partial charge in [-0.05, 0) is 24.3 Å². The first-order chi connectivity index (χ1) is 11.2. The van der Waals surface area contributed by atoms with Crippen molar-refractivity contribution in [2.24, 2.45) is 7.05 Å². The van der Waals surface area contributed by atoms with Crippen molar-refractivity contribution < 1.29 is 13.9 Å². The van der Waals surface area contributed by atoms with Gasteiger partial charge in [0, 0.05) is 18.8 Å². The summed E-state index contributed by atoms with van der Waals surface area (Å²) in [6.07, 6.45) is 3.18. The maximum atomic E-state index is 12.3. The minimum Gasteiger partial charge on any atom is -0.489 e. The molecule has 6 nitrogen and oxygen atoms in total. The van der Waals surface area contributed by atoms with E-state index >= 15 is 0 Å². The van der Waals surface area contributed by atoms with Crippen molar-refractivity contribution in [2.45, 2.75) is 13.2 Å². The maximum Gasteiger partial charge on any atom is 0.287 e. The summed E-state index contributed by atoms with van der Waals surface area (Å²) in [6, 6.07) is 13.0. The van der Waals surface area contributed by atoms with Crippen LogP contribution in [0.25, 0.3) is 0 Å². The van der Waals surface area contributed by atoms with Crippen LogP contribution in [0.15, 0.2) is 59.3 Å². The molecule has 0 radical (unpaired) electrons.